The lowest BCUT2D eigenvalue weighted by molar-refractivity contribution is -0.116. The van der Waals surface area contributed by atoms with Gasteiger partial charge in [-0.3, -0.25) is 9.78 Å². The van der Waals surface area contributed by atoms with E-state index >= 15 is 0 Å². The molecule has 0 aliphatic rings. The van der Waals surface area contributed by atoms with Crippen LogP contribution in [0.15, 0.2) is 53.7 Å². The number of hydrogen-bond acceptors (Lipinski definition) is 4. The van der Waals surface area contributed by atoms with Crippen LogP contribution in [-0.2, 0) is 10.5 Å². The van der Waals surface area contributed by atoms with Crippen molar-refractivity contribution in [3.63, 3.8) is 0 Å². The average Bonchev–Trinajstić information content (AvgIpc) is 2.48. The normalized spacial score (nSPS) is 10.2. The molecule has 104 valence electrons. The van der Waals surface area contributed by atoms with Crippen molar-refractivity contribution in [3.8, 4) is 0 Å². The third-order valence-electron chi connectivity index (χ3n) is 2.64. The molecule has 0 unspecified atom stereocenters. The molecule has 0 aliphatic heterocycles. The fourth-order valence-electron chi connectivity index (χ4n) is 1.64. The molecule has 0 radical (unpaired) electrons. The summed E-state index contributed by atoms with van der Waals surface area (Å²) in [6, 6.07) is 11.8. The number of nitrogens with two attached hydrogens (primary N) is 1. The Labute approximate surface area is 122 Å². The highest BCUT2D eigenvalue weighted by atomic mass is 32.2. The zero-order valence-electron chi connectivity index (χ0n) is 11.1. The van der Waals surface area contributed by atoms with Crippen LogP contribution in [0.25, 0.3) is 0 Å². The maximum absolute atomic E-state index is 11.4. The van der Waals surface area contributed by atoms with Crippen LogP contribution in [0.3, 0.4) is 0 Å². The van der Waals surface area contributed by atoms with Gasteiger partial charge in [0, 0.05) is 41.7 Å². The Morgan fingerprint density at radius 1 is 1.25 bits per heavy atom. The van der Waals surface area contributed by atoms with E-state index in [1.807, 2.05) is 36.5 Å². The Bertz CT molecular complexity index is 543. The van der Waals surface area contributed by atoms with Crippen molar-refractivity contribution in [1.29, 1.82) is 0 Å². The van der Waals surface area contributed by atoms with E-state index in [0.717, 1.165) is 16.3 Å². The summed E-state index contributed by atoms with van der Waals surface area (Å²) in [5.74, 6) is 0.829. The van der Waals surface area contributed by atoms with Crippen molar-refractivity contribution in [3.05, 3.63) is 54.4 Å². The molecule has 5 heteroatoms. The average molecular weight is 287 g/mol. The van der Waals surface area contributed by atoms with E-state index in [4.69, 9.17) is 5.73 Å². The summed E-state index contributed by atoms with van der Waals surface area (Å²) in [4.78, 5) is 16.7. The predicted octanol–water partition coefficient (Wildman–Crippen LogP) is 2.66. The van der Waals surface area contributed by atoms with E-state index < -0.39 is 0 Å². The number of amides is 1. The lowest BCUT2D eigenvalue weighted by Crippen LogP contribution is -2.15. The topological polar surface area (TPSA) is 68.0 Å². The standard InChI is InChI=1S/C15H17N3OS/c16-8-7-15(19)18-13-3-5-14(6-4-13)20-11-12-2-1-9-17-10-12/h1-6,9-10H,7-8,11,16H2,(H,18,19). The number of aromatic nitrogens is 1. The van der Waals surface area contributed by atoms with Crippen LogP contribution in [-0.4, -0.2) is 17.4 Å². The minimum atomic E-state index is -0.0525. The van der Waals surface area contributed by atoms with E-state index in [2.05, 4.69) is 16.4 Å². The number of pyridine rings is 1. The molecule has 0 aliphatic carbocycles. The van der Waals surface area contributed by atoms with Gasteiger partial charge in [-0.05, 0) is 35.9 Å². The smallest absolute Gasteiger partial charge is 0.225 e. The van der Waals surface area contributed by atoms with Crippen LogP contribution in [0.2, 0.25) is 0 Å². The number of nitrogens with zero attached hydrogens (tertiary/aromatic N) is 1. The zero-order chi connectivity index (χ0) is 14.2. The Morgan fingerprint density at radius 3 is 2.70 bits per heavy atom. The Hall–Kier alpha value is -1.85. The fourth-order valence-corrected chi connectivity index (χ4v) is 2.47. The van der Waals surface area contributed by atoms with Gasteiger partial charge in [0.25, 0.3) is 0 Å². The minimum Gasteiger partial charge on any atom is -0.330 e. The molecule has 0 bridgehead atoms. The Morgan fingerprint density at radius 2 is 2.05 bits per heavy atom. The van der Waals surface area contributed by atoms with Crippen LogP contribution >= 0.6 is 11.8 Å². The van der Waals surface area contributed by atoms with Gasteiger partial charge >= 0.3 is 0 Å². The minimum absolute atomic E-state index is 0.0525. The van der Waals surface area contributed by atoms with E-state index in [1.54, 1.807) is 18.0 Å². The lowest BCUT2D eigenvalue weighted by atomic mass is 10.3. The monoisotopic (exact) mass is 287 g/mol. The summed E-state index contributed by atoms with van der Waals surface area (Å²) in [6.07, 6.45) is 3.99. The van der Waals surface area contributed by atoms with Crippen molar-refractivity contribution in [1.82, 2.24) is 4.98 Å². The number of thioether (sulfide) groups is 1. The van der Waals surface area contributed by atoms with Crippen LogP contribution in [0, 0.1) is 0 Å². The number of hydrogen-bond donors (Lipinski definition) is 2. The summed E-state index contributed by atoms with van der Waals surface area (Å²) in [7, 11) is 0. The summed E-state index contributed by atoms with van der Waals surface area (Å²) in [6.45, 7) is 0.366. The first kappa shape index (κ1) is 14.6. The van der Waals surface area contributed by atoms with Crippen molar-refractivity contribution in [2.45, 2.75) is 17.1 Å². The van der Waals surface area contributed by atoms with E-state index in [0.29, 0.717) is 13.0 Å². The quantitative estimate of drug-likeness (QED) is 0.802. The summed E-state index contributed by atoms with van der Waals surface area (Å²) in [5.41, 5.74) is 7.33. The van der Waals surface area contributed by atoms with Crippen LogP contribution in [0.1, 0.15) is 12.0 Å². The third kappa shape index (κ3) is 4.68. The molecule has 3 N–H and O–H groups in total. The maximum Gasteiger partial charge on any atom is 0.225 e. The molecule has 2 rings (SSSR count). The lowest BCUT2D eigenvalue weighted by Gasteiger charge is -2.06. The molecule has 0 saturated heterocycles. The van der Waals surface area contributed by atoms with Gasteiger partial charge in [-0.15, -0.1) is 11.8 Å². The predicted molar refractivity (Wildman–Crippen MR) is 82.5 cm³/mol. The maximum atomic E-state index is 11.4. The third-order valence-corrected chi connectivity index (χ3v) is 3.72. The van der Waals surface area contributed by atoms with Gasteiger partial charge < -0.3 is 11.1 Å². The molecule has 4 nitrogen and oxygen atoms in total. The molecular formula is C15H17N3OS. The van der Waals surface area contributed by atoms with Gasteiger partial charge in [-0.1, -0.05) is 6.07 Å². The van der Waals surface area contributed by atoms with Gasteiger partial charge in [0.05, 0.1) is 0 Å². The highest BCUT2D eigenvalue weighted by Gasteiger charge is 2.01. The van der Waals surface area contributed by atoms with Crippen LogP contribution in [0.4, 0.5) is 5.69 Å². The zero-order valence-corrected chi connectivity index (χ0v) is 11.9. The number of benzene rings is 1. The molecular weight excluding hydrogens is 270 g/mol. The molecule has 2 aromatic rings. The summed E-state index contributed by atoms with van der Waals surface area (Å²) >= 11 is 1.74. The van der Waals surface area contributed by atoms with Crippen LogP contribution < -0.4 is 11.1 Å². The highest BCUT2D eigenvalue weighted by Crippen LogP contribution is 2.23. The second kappa shape index (κ2) is 7.67. The Balaban J connectivity index is 1.87. The number of carbonyl (C=O) groups is 1. The molecule has 0 fully saturated rings. The van der Waals surface area contributed by atoms with Gasteiger partial charge in [-0.25, -0.2) is 0 Å². The van der Waals surface area contributed by atoms with E-state index in [9.17, 15) is 4.79 Å². The molecule has 0 saturated carbocycles. The van der Waals surface area contributed by atoms with Crippen LogP contribution in [0.5, 0.6) is 0 Å². The summed E-state index contributed by atoms with van der Waals surface area (Å²) < 4.78 is 0. The van der Waals surface area contributed by atoms with E-state index in [-0.39, 0.29) is 5.91 Å². The van der Waals surface area contributed by atoms with Gasteiger partial charge in [0.1, 0.15) is 0 Å². The van der Waals surface area contributed by atoms with Gasteiger partial charge in [0.15, 0.2) is 0 Å². The highest BCUT2D eigenvalue weighted by molar-refractivity contribution is 7.98. The molecule has 1 amide bonds. The van der Waals surface area contributed by atoms with Gasteiger partial charge in [-0.2, -0.15) is 0 Å². The Kier molecular flexibility index (Phi) is 5.58. The molecule has 0 spiro atoms. The molecule has 20 heavy (non-hydrogen) atoms. The summed E-state index contributed by atoms with van der Waals surface area (Å²) in [5, 5.41) is 2.81. The SMILES string of the molecule is NCCC(=O)Nc1ccc(SCc2cccnc2)cc1. The number of rotatable bonds is 6. The van der Waals surface area contributed by atoms with Gasteiger partial charge in [0.2, 0.25) is 5.91 Å². The second-order valence-corrected chi connectivity index (χ2v) is 5.31. The number of nitrogens with one attached hydrogen (secondary N) is 1. The van der Waals surface area contributed by atoms with E-state index in [1.165, 1.54) is 5.56 Å². The first-order valence-corrected chi connectivity index (χ1v) is 7.38. The fraction of sp³-hybridized carbons (Fsp3) is 0.200. The molecule has 0 atom stereocenters. The van der Waals surface area contributed by atoms with Crippen molar-refractivity contribution >= 4 is 23.4 Å². The van der Waals surface area contributed by atoms with Crippen molar-refractivity contribution < 1.29 is 4.79 Å². The molecule has 1 aromatic heterocycles. The van der Waals surface area contributed by atoms with Crippen molar-refractivity contribution in [2.24, 2.45) is 5.73 Å². The number of carbonyl (C=O) groups excluding carboxylic acids is 1. The number of anilines is 1. The molecule has 1 heterocycles. The molecule has 1 aromatic carbocycles. The second-order valence-electron chi connectivity index (χ2n) is 4.26. The first-order chi connectivity index (χ1) is 9.78. The largest absolute Gasteiger partial charge is 0.330 e. The van der Waals surface area contributed by atoms with Crippen molar-refractivity contribution in [2.75, 3.05) is 11.9 Å². The first-order valence-electron chi connectivity index (χ1n) is 6.39.